The van der Waals surface area contributed by atoms with Gasteiger partial charge in [-0.15, -0.1) is 0 Å². The highest BCUT2D eigenvalue weighted by Crippen LogP contribution is 2.33. The predicted octanol–water partition coefficient (Wildman–Crippen LogP) is 2.69. The van der Waals surface area contributed by atoms with E-state index < -0.39 is 18.0 Å². The van der Waals surface area contributed by atoms with Crippen molar-refractivity contribution in [3.8, 4) is 5.75 Å². The van der Waals surface area contributed by atoms with Gasteiger partial charge in [-0.3, -0.25) is 4.79 Å². The Balaban J connectivity index is 2.71. The molecule has 1 atom stereocenters. The fourth-order valence-electron chi connectivity index (χ4n) is 1.68. The molecule has 6 nitrogen and oxygen atoms in total. The summed E-state index contributed by atoms with van der Waals surface area (Å²) in [5, 5.41) is 11.5. The Kier molecular flexibility index (Phi) is 6.77. The Bertz CT molecular complexity index is 539. The van der Waals surface area contributed by atoms with E-state index in [1.165, 1.54) is 0 Å². The number of hydrogen-bond acceptors (Lipinski definition) is 3. The maximum atomic E-state index is 10.8. The summed E-state index contributed by atoms with van der Waals surface area (Å²) in [6.45, 7) is 1.93. The fourth-order valence-corrected chi connectivity index (χ4v) is 2.40. The molecule has 0 aliphatic rings. The van der Waals surface area contributed by atoms with Crippen LogP contribution in [0.5, 0.6) is 5.75 Å². The van der Waals surface area contributed by atoms with Gasteiger partial charge in [0.25, 0.3) is 0 Å². The van der Waals surface area contributed by atoms with Crippen LogP contribution in [0, 0.1) is 6.92 Å². The largest absolute Gasteiger partial charge is 0.490 e. The van der Waals surface area contributed by atoms with Crippen LogP contribution in [0.1, 0.15) is 18.4 Å². The van der Waals surface area contributed by atoms with Crippen LogP contribution in [-0.2, 0) is 4.79 Å². The lowest BCUT2D eigenvalue weighted by atomic mass is 10.1. The zero-order valence-corrected chi connectivity index (χ0v) is 13.7. The highest BCUT2D eigenvalue weighted by atomic mass is 79.9. The number of hydrogen-bond donors (Lipinski definition) is 3. The lowest BCUT2D eigenvalue weighted by molar-refractivity contribution is -0.118. The third-order valence-electron chi connectivity index (χ3n) is 2.65. The van der Waals surface area contributed by atoms with Gasteiger partial charge in [-0.1, -0.05) is 11.6 Å². The molecular weight excluding hydrogens is 364 g/mol. The van der Waals surface area contributed by atoms with E-state index in [9.17, 15) is 9.59 Å². The molecule has 21 heavy (non-hydrogen) atoms. The van der Waals surface area contributed by atoms with Gasteiger partial charge in [0.1, 0.15) is 12.4 Å². The first-order chi connectivity index (χ1) is 9.79. The van der Waals surface area contributed by atoms with Crippen molar-refractivity contribution >= 4 is 39.5 Å². The van der Waals surface area contributed by atoms with Crippen molar-refractivity contribution in [2.75, 3.05) is 6.61 Å². The number of carbonyl (C=O) groups excluding carboxylic acids is 1. The highest BCUT2D eigenvalue weighted by molar-refractivity contribution is 9.10. The maximum absolute atomic E-state index is 10.8. The second-order valence-corrected chi connectivity index (χ2v) is 5.75. The van der Waals surface area contributed by atoms with Crippen molar-refractivity contribution in [1.82, 2.24) is 5.32 Å². The zero-order chi connectivity index (χ0) is 16.0. The summed E-state index contributed by atoms with van der Waals surface area (Å²) in [5.74, 6) is -0.0525. The van der Waals surface area contributed by atoms with Crippen LogP contribution < -0.4 is 15.8 Å². The Morgan fingerprint density at radius 3 is 2.76 bits per heavy atom. The van der Waals surface area contributed by atoms with Gasteiger partial charge in [-0.25, -0.2) is 4.79 Å². The highest BCUT2D eigenvalue weighted by Gasteiger charge is 2.15. The van der Waals surface area contributed by atoms with E-state index >= 15 is 0 Å². The molecule has 8 heteroatoms. The smallest absolute Gasteiger partial charge is 0.404 e. The summed E-state index contributed by atoms with van der Waals surface area (Å²) in [4.78, 5) is 21.5. The molecule has 0 aliphatic heterocycles. The van der Waals surface area contributed by atoms with Gasteiger partial charge in [0.15, 0.2) is 0 Å². The van der Waals surface area contributed by atoms with Gasteiger partial charge >= 0.3 is 6.09 Å². The molecule has 0 spiro atoms. The molecule has 1 aromatic rings. The SMILES string of the molecule is Cc1cc(Br)c(Cl)c(OC[C@H](CCC(N)=O)NC(=O)O)c1. The molecule has 0 aromatic heterocycles. The predicted molar refractivity (Wildman–Crippen MR) is 82.8 cm³/mol. The van der Waals surface area contributed by atoms with E-state index in [0.717, 1.165) is 5.56 Å². The van der Waals surface area contributed by atoms with E-state index in [1.54, 1.807) is 6.07 Å². The minimum atomic E-state index is -1.19. The summed E-state index contributed by atoms with van der Waals surface area (Å²) in [6.07, 6.45) is -0.865. The number of carbonyl (C=O) groups is 2. The van der Waals surface area contributed by atoms with E-state index in [2.05, 4.69) is 21.2 Å². The first kappa shape index (κ1) is 17.6. The lowest BCUT2D eigenvalue weighted by Gasteiger charge is -2.18. The minimum absolute atomic E-state index is 0.0508. The van der Waals surface area contributed by atoms with Gasteiger partial charge in [-0.05, 0) is 47.0 Å². The molecule has 0 heterocycles. The molecule has 1 rings (SSSR count). The summed E-state index contributed by atoms with van der Waals surface area (Å²) >= 11 is 9.41. The summed E-state index contributed by atoms with van der Waals surface area (Å²) in [6, 6.07) is 3.04. The second-order valence-electron chi connectivity index (χ2n) is 4.52. The fraction of sp³-hybridized carbons (Fsp3) is 0.385. The molecule has 116 valence electrons. The van der Waals surface area contributed by atoms with E-state index in [4.69, 9.17) is 27.2 Å². The number of nitrogens with one attached hydrogen (secondary N) is 1. The third kappa shape index (κ3) is 6.22. The Morgan fingerprint density at radius 1 is 1.52 bits per heavy atom. The normalized spacial score (nSPS) is 11.8. The maximum Gasteiger partial charge on any atom is 0.404 e. The van der Waals surface area contributed by atoms with Gasteiger partial charge < -0.3 is 20.9 Å². The van der Waals surface area contributed by atoms with Crippen LogP contribution >= 0.6 is 27.5 Å². The first-order valence-electron chi connectivity index (χ1n) is 6.15. The molecule has 2 amide bonds. The Morgan fingerprint density at radius 2 is 2.19 bits per heavy atom. The third-order valence-corrected chi connectivity index (χ3v) is 3.89. The Labute approximate surface area is 135 Å². The van der Waals surface area contributed by atoms with Crippen molar-refractivity contribution in [2.24, 2.45) is 5.73 Å². The summed E-state index contributed by atoms with van der Waals surface area (Å²) in [5.41, 5.74) is 6.01. The number of rotatable bonds is 7. The van der Waals surface area contributed by atoms with Gasteiger partial charge in [0.2, 0.25) is 5.91 Å². The molecule has 0 fully saturated rings. The van der Waals surface area contributed by atoms with Crippen molar-refractivity contribution in [3.63, 3.8) is 0 Å². The molecule has 0 bridgehead atoms. The molecule has 0 saturated heterocycles. The summed E-state index contributed by atoms with van der Waals surface area (Å²) in [7, 11) is 0. The number of ether oxygens (including phenoxy) is 1. The first-order valence-corrected chi connectivity index (χ1v) is 7.33. The van der Waals surface area contributed by atoms with Crippen LogP contribution in [0.25, 0.3) is 0 Å². The molecule has 0 unspecified atom stereocenters. The number of halogens is 2. The van der Waals surface area contributed by atoms with Crippen LogP contribution in [-0.4, -0.2) is 29.8 Å². The molecule has 0 saturated carbocycles. The zero-order valence-electron chi connectivity index (χ0n) is 11.4. The van der Waals surface area contributed by atoms with E-state index in [-0.39, 0.29) is 19.4 Å². The number of carboxylic acid groups (broad SMARTS) is 1. The number of amides is 2. The minimum Gasteiger partial charge on any atom is -0.490 e. The van der Waals surface area contributed by atoms with Crippen molar-refractivity contribution in [1.29, 1.82) is 0 Å². The van der Waals surface area contributed by atoms with Crippen LogP contribution in [0.3, 0.4) is 0 Å². The van der Waals surface area contributed by atoms with E-state index in [1.807, 2.05) is 13.0 Å². The molecule has 4 N–H and O–H groups in total. The topological polar surface area (TPSA) is 102 Å². The van der Waals surface area contributed by atoms with E-state index in [0.29, 0.717) is 15.2 Å². The second kappa shape index (κ2) is 8.09. The van der Waals surface area contributed by atoms with Crippen LogP contribution in [0.15, 0.2) is 16.6 Å². The van der Waals surface area contributed by atoms with Crippen LogP contribution in [0.2, 0.25) is 5.02 Å². The lowest BCUT2D eigenvalue weighted by Crippen LogP contribution is -2.39. The number of benzene rings is 1. The molecule has 0 radical (unpaired) electrons. The van der Waals surface area contributed by atoms with Crippen molar-refractivity contribution in [2.45, 2.75) is 25.8 Å². The monoisotopic (exact) mass is 378 g/mol. The summed E-state index contributed by atoms with van der Waals surface area (Å²) < 4.78 is 6.25. The number of aryl methyl sites for hydroxylation is 1. The van der Waals surface area contributed by atoms with Gasteiger partial charge in [0, 0.05) is 10.9 Å². The quantitative estimate of drug-likeness (QED) is 0.678. The molecule has 1 aromatic carbocycles. The molecular formula is C13H16BrClN2O4. The average Bonchev–Trinajstić information content (AvgIpc) is 2.37. The molecule has 0 aliphatic carbocycles. The van der Waals surface area contributed by atoms with Crippen molar-refractivity contribution in [3.05, 3.63) is 27.2 Å². The standard InChI is InChI=1S/C13H16BrClN2O4/c1-7-4-9(14)12(15)10(5-7)21-6-8(17-13(19)20)2-3-11(16)18/h4-5,8,17H,2-3,6H2,1H3,(H2,16,18)(H,19,20)/t8-/m0/s1. The number of nitrogens with two attached hydrogens (primary N) is 1. The average molecular weight is 380 g/mol. The van der Waals surface area contributed by atoms with Crippen LogP contribution in [0.4, 0.5) is 4.79 Å². The van der Waals surface area contributed by atoms with Gasteiger partial charge in [0.05, 0.1) is 11.1 Å². The number of primary amides is 1. The van der Waals surface area contributed by atoms with Gasteiger partial charge in [-0.2, -0.15) is 0 Å². The Hall–Kier alpha value is -1.47. The van der Waals surface area contributed by atoms with Crippen molar-refractivity contribution < 1.29 is 19.4 Å².